The van der Waals surface area contributed by atoms with E-state index in [1.807, 2.05) is 13.8 Å². The highest BCUT2D eigenvalue weighted by Crippen LogP contribution is 2.60. The van der Waals surface area contributed by atoms with E-state index < -0.39 is 17.8 Å². The van der Waals surface area contributed by atoms with Crippen LogP contribution in [0.4, 0.5) is 0 Å². The second kappa shape index (κ2) is 10.8. The van der Waals surface area contributed by atoms with Crippen LogP contribution >= 0.6 is 0 Å². The number of aliphatic hydroxyl groups excluding tert-OH is 3. The van der Waals surface area contributed by atoms with Gasteiger partial charge < -0.3 is 20.4 Å². The first-order valence-corrected chi connectivity index (χ1v) is 13.4. The van der Waals surface area contributed by atoms with Gasteiger partial charge in [-0.25, -0.2) is 0 Å². The molecule has 3 fully saturated rings. The molecule has 3 saturated carbocycles. The zero-order valence-corrected chi connectivity index (χ0v) is 21.4. The molecule has 0 aliphatic heterocycles. The number of rotatable bonds is 8. The lowest BCUT2D eigenvalue weighted by molar-refractivity contribution is -0.0182. The molecule has 0 heterocycles. The van der Waals surface area contributed by atoms with Crippen LogP contribution in [0.1, 0.15) is 98.3 Å². The van der Waals surface area contributed by atoms with Crippen LogP contribution in [0.2, 0.25) is 0 Å². The van der Waals surface area contributed by atoms with Crippen LogP contribution in [0.5, 0.6) is 0 Å². The van der Waals surface area contributed by atoms with Gasteiger partial charge in [0.2, 0.25) is 0 Å². The van der Waals surface area contributed by atoms with Crippen LogP contribution in [-0.2, 0) is 0 Å². The smallest absolute Gasteiger partial charge is 0.0811 e. The highest BCUT2D eigenvalue weighted by Gasteiger charge is 2.51. The fourth-order valence-electron chi connectivity index (χ4n) is 7.16. The van der Waals surface area contributed by atoms with Crippen molar-refractivity contribution < 1.29 is 20.4 Å². The Balaban J connectivity index is 1.72. The first-order chi connectivity index (χ1) is 15.5. The van der Waals surface area contributed by atoms with E-state index in [1.54, 1.807) is 0 Å². The maximum atomic E-state index is 11.1. The first kappa shape index (κ1) is 26.7. The minimum atomic E-state index is -0.651. The van der Waals surface area contributed by atoms with Gasteiger partial charge in [0, 0.05) is 6.42 Å². The van der Waals surface area contributed by atoms with Gasteiger partial charge in [0.15, 0.2) is 0 Å². The van der Waals surface area contributed by atoms with Gasteiger partial charge >= 0.3 is 0 Å². The van der Waals surface area contributed by atoms with Crippen LogP contribution in [0, 0.1) is 23.2 Å². The van der Waals surface area contributed by atoms with E-state index in [1.165, 1.54) is 18.4 Å². The molecule has 0 unspecified atom stereocenters. The van der Waals surface area contributed by atoms with Crippen LogP contribution in [0.3, 0.4) is 0 Å². The van der Waals surface area contributed by atoms with Crippen molar-refractivity contribution in [2.75, 3.05) is 0 Å². The number of fused-ring (bicyclic) bond motifs is 1. The summed E-state index contributed by atoms with van der Waals surface area (Å²) in [6.45, 7) is 12.7. The Morgan fingerprint density at radius 3 is 2.55 bits per heavy atom. The minimum absolute atomic E-state index is 0.192. The molecular weight excluding hydrogens is 412 g/mol. The van der Waals surface area contributed by atoms with Crippen molar-refractivity contribution in [1.82, 2.24) is 0 Å². The molecule has 3 aliphatic rings. The highest BCUT2D eigenvalue weighted by atomic mass is 16.3. The quantitative estimate of drug-likeness (QED) is 0.388. The van der Waals surface area contributed by atoms with Crippen LogP contribution in [0.25, 0.3) is 0 Å². The van der Waals surface area contributed by atoms with Crippen LogP contribution < -0.4 is 0 Å². The molecule has 4 N–H and O–H groups in total. The molecule has 0 bridgehead atoms. The van der Waals surface area contributed by atoms with Gasteiger partial charge in [-0.05, 0) is 98.5 Å². The summed E-state index contributed by atoms with van der Waals surface area (Å²) in [5.41, 5.74) is 2.74. The van der Waals surface area contributed by atoms with Crippen LogP contribution in [-0.4, -0.2) is 44.3 Å². The lowest BCUT2D eigenvalue weighted by Gasteiger charge is -2.45. The van der Waals surface area contributed by atoms with Gasteiger partial charge in [0.05, 0.1) is 23.9 Å². The molecule has 33 heavy (non-hydrogen) atoms. The molecule has 0 radical (unpaired) electrons. The molecule has 4 nitrogen and oxygen atoms in total. The standard InChI is InChI=1S/C29H48O4/c1-6-29(33,7-2)16-14-26(31)20(4)24-12-13-25-21(9-8-15-28(24,25)5)10-11-22-17-23(30)18-27(32)19(22)3/h10-11,20,23-27,30-33H,3,6-9,12-18H2,1-2,4-5H3/b21-10+,22-11+/t20-,23-,24-,25+,26-,27+,28-/m1/s1. The Kier molecular flexibility index (Phi) is 8.70. The van der Waals surface area contributed by atoms with Crippen molar-refractivity contribution in [2.24, 2.45) is 23.2 Å². The van der Waals surface area contributed by atoms with Gasteiger partial charge in [-0.3, -0.25) is 0 Å². The second-order valence-electron chi connectivity index (χ2n) is 11.6. The van der Waals surface area contributed by atoms with E-state index in [0.29, 0.717) is 37.5 Å². The van der Waals surface area contributed by atoms with E-state index in [4.69, 9.17) is 0 Å². The fraction of sp³-hybridized carbons (Fsp3) is 0.793. The minimum Gasteiger partial charge on any atom is -0.393 e. The van der Waals surface area contributed by atoms with Crippen molar-refractivity contribution >= 4 is 0 Å². The average Bonchev–Trinajstić information content (AvgIpc) is 3.15. The van der Waals surface area contributed by atoms with Gasteiger partial charge in [-0.2, -0.15) is 0 Å². The topological polar surface area (TPSA) is 80.9 Å². The molecule has 0 saturated heterocycles. The van der Waals surface area contributed by atoms with Crippen molar-refractivity contribution in [1.29, 1.82) is 0 Å². The molecule has 3 aliphatic carbocycles. The first-order valence-electron chi connectivity index (χ1n) is 13.4. The third-order valence-electron chi connectivity index (χ3n) is 9.77. The Morgan fingerprint density at radius 1 is 1.18 bits per heavy atom. The third kappa shape index (κ3) is 5.66. The average molecular weight is 461 g/mol. The molecule has 3 rings (SSSR count). The number of hydrogen-bond acceptors (Lipinski definition) is 4. The molecule has 0 spiro atoms. The Hall–Kier alpha value is -0.940. The monoisotopic (exact) mass is 460 g/mol. The summed E-state index contributed by atoms with van der Waals surface area (Å²) < 4.78 is 0. The molecule has 0 aromatic rings. The summed E-state index contributed by atoms with van der Waals surface area (Å²) in [6, 6.07) is 0. The molecule has 0 aromatic heterocycles. The van der Waals surface area contributed by atoms with E-state index in [0.717, 1.165) is 43.3 Å². The number of allylic oxidation sites excluding steroid dienone is 3. The van der Waals surface area contributed by atoms with Gasteiger partial charge in [0.1, 0.15) is 0 Å². The summed E-state index contributed by atoms with van der Waals surface area (Å²) in [5.74, 6) is 1.23. The normalized spacial score (nSPS) is 37.4. The largest absolute Gasteiger partial charge is 0.393 e. The molecule has 7 atom stereocenters. The van der Waals surface area contributed by atoms with Crippen molar-refractivity contribution in [3.05, 3.63) is 35.5 Å². The van der Waals surface area contributed by atoms with Gasteiger partial charge in [-0.15, -0.1) is 0 Å². The molecular formula is C29H48O4. The van der Waals surface area contributed by atoms with Crippen LogP contribution in [0.15, 0.2) is 35.5 Å². The van der Waals surface area contributed by atoms with Gasteiger partial charge in [-0.1, -0.05) is 52.0 Å². The van der Waals surface area contributed by atoms with Crippen molar-refractivity contribution in [3.63, 3.8) is 0 Å². The zero-order chi connectivity index (χ0) is 24.4. The zero-order valence-electron chi connectivity index (χ0n) is 21.4. The van der Waals surface area contributed by atoms with E-state index in [-0.39, 0.29) is 17.4 Å². The fourth-order valence-corrected chi connectivity index (χ4v) is 7.16. The summed E-state index contributed by atoms with van der Waals surface area (Å²) in [5, 5.41) is 41.9. The predicted molar refractivity (Wildman–Crippen MR) is 135 cm³/mol. The van der Waals surface area contributed by atoms with Crippen molar-refractivity contribution in [3.8, 4) is 0 Å². The molecule has 0 amide bonds. The summed E-state index contributed by atoms with van der Waals surface area (Å²) in [7, 11) is 0. The molecule has 4 heteroatoms. The SMILES string of the molecule is C=C1/C(=C/C=C2\CCC[C@]3(C)[C@@H]([C@@H](C)[C@H](O)CCC(O)(CC)CC)CC[C@@H]23)C[C@@H](O)C[C@@H]1O. The number of aliphatic hydroxyl groups is 4. The Bertz CT molecular complexity index is 749. The maximum absolute atomic E-state index is 11.1. The summed E-state index contributed by atoms with van der Waals surface area (Å²) in [4.78, 5) is 0. The lowest BCUT2D eigenvalue weighted by atomic mass is 9.60. The Morgan fingerprint density at radius 2 is 1.88 bits per heavy atom. The lowest BCUT2D eigenvalue weighted by Crippen LogP contribution is -2.40. The Labute approximate surface area is 201 Å². The van der Waals surface area contributed by atoms with E-state index >= 15 is 0 Å². The maximum Gasteiger partial charge on any atom is 0.0811 e. The third-order valence-corrected chi connectivity index (χ3v) is 9.77. The predicted octanol–water partition coefficient (Wildman–Crippen LogP) is 5.46. The highest BCUT2D eigenvalue weighted by molar-refractivity contribution is 5.38. The number of hydrogen-bond donors (Lipinski definition) is 4. The summed E-state index contributed by atoms with van der Waals surface area (Å²) >= 11 is 0. The second-order valence-corrected chi connectivity index (χ2v) is 11.6. The van der Waals surface area contributed by atoms with Crippen molar-refractivity contribution in [2.45, 2.75) is 122 Å². The summed E-state index contributed by atoms with van der Waals surface area (Å²) in [6.07, 6.45) is 12.3. The van der Waals surface area contributed by atoms with Gasteiger partial charge in [0.25, 0.3) is 0 Å². The molecule has 188 valence electrons. The van der Waals surface area contributed by atoms with E-state index in [2.05, 4.69) is 32.6 Å². The molecule has 0 aromatic carbocycles. The van der Waals surface area contributed by atoms with E-state index in [9.17, 15) is 20.4 Å².